The van der Waals surface area contributed by atoms with Crippen LogP contribution in [0.3, 0.4) is 0 Å². The van der Waals surface area contributed by atoms with E-state index in [0.717, 1.165) is 17.1 Å². The zero-order valence-corrected chi connectivity index (χ0v) is 16.1. The minimum Gasteiger partial charge on any atom is -0.497 e. The van der Waals surface area contributed by atoms with Crippen LogP contribution in [0.1, 0.15) is 5.56 Å². The van der Waals surface area contributed by atoms with E-state index in [9.17, 15) is 9.59 Å². The fourth-order valence-corrected chi connectivity index (χ4v) is 2.65. The van der Waals surface area contributed by atoms with Gasteiger partial charge in [-0.25, -0.2) is 0 Å². The van der Waals surface area contributed by atoms with Crippen molar-refractivity contribution in [3.05, 3.63) is 84.4 Å². The highest BCUT2D eigenvalue weighted by molar-refractivity contribution is 6.39. The van der Waals surface area contributed by atoms with Crippen molar-refractivity contribution in [1.29, 1.82) is 0 Å². The maximum absolute atomic E-state index is 12.1. The summed E-state index contributed by atoms with van der Waals surface area (Å²) in [6.45, 7) is 0.350. The van der Waals surface area contributed by atoms with Crippen molar-refractivity contribution in [3.8, 4) is 17.2 Å². The summed E-state index contributed by atoms with van der Waals surface area (Å²) in [7, 11) is 1.60. The summed E-state index contributed by atoms with van der Waals surface area (Å²) in [5.74, 6) is 0.716. The van der Waals surface area contributed by atoms with Gasteiger partial charge in [0.05, 0.1) is 7.11 Å². The summed E-state index contributed by atoms with van der Waals surface area (Å²) < 4.78 is 10.9. The molecule has 148 valence electrons. The minimum atomic E-state index is -0.715. The summed E-state index contributed by atoms with van der Waals surface area (Å²) >= 11 is 0. The normalized spacial score (nSPS) is 10.1. The molecule has 0 atom stereocenters. The van der Waals surface area contributed by atoms with Crippen LogP contribution in [0.4, 0.5) is 5.69 Å². The largest absolute Gasteiger partial charge is 0.497 e. The van der Waals surface area contributed by atoms with Crippen LogP contribution in [-0.4, -0.2) is 25.5 Å². The number of ether oxygens (including phenoxy) is 2. The van der Waals surface area contributed by atoms with Gasteiger partial charge in [0, 0.05) is 12.2 Å². The monoisotopic (exact) mass is 390 g/mol. The molecule has 2 N–H and O–H groups in total. The number of amides is 2. The topological polar surface area (TPSA) is 76.7 Å². The Labute approximate surface area is 169 Å². The van der Waals surface area contributed by atoms with Gasteiger partial charge in [-0.05, 0) is 60.5 Å². The smallest absolute Gasteiger partial charge is 0.313 e. The van der Waals surface area contributed by atoms with Gasteiger partial charge in [0.25, 0.3) is 0 Å². The van der Waals surface area contributed by atoms with Gasteiger partial charge in [0.1, 0.15) is 17.2 Å². The van der Waals surface area contributed by atoms with Crippen LogP contribution in [0.2, 0.25) is 0 Å². The van der Waals surface area contributed by atoms with Crippen molar-refractivity contribution in [3.63, 3.8) is 0 Å². The van der Waals surface area contributed by atoms with Gasteiger partial charge in [-0.3, -0.25) is 9.59 Å². The number of methoxy groups -OCH3 is 1. The highest BCUT2D eigenvalue weighted by Gasteiger charge is 2.13. The third-order valence-corrected chi connectivity index (χ3v) is 4.13. The lowest BCUT2D eigenvalue weighted by molar-refractivity contribution is -0.136. The van der Waals surface area contributed by atoms with Crippen molar-refractivity contribution in [2.75, 3.05) is 19.0 Å². The van der Waals surface area contributed by atoms with E-state index in [1.165, 1.54) is 0 Å². The maximum atomic E-state index is 12.1. The Kier molecular flexibility index (Phi) is 6.84. The third-order valence-electron chi connectivity index (χ3n) is 4.13. The number of hydrogen-bond acceptors (Lipinski definition) is 4. The molecule has 0 saturated carbocycles. The quantitative estimate of drug-likeness (QED) is 0.602. The van der Waals surface area contributed by atoms with Crippen LogP contribution >= 0.6 is 0 Å². The second-order valence-corrected chi connectivity index (χ2v) is 6.25. The van der Waals surface area contributed by atoms with E-state index in [-0.39, 0.29) is 0 Å². The molecule has 0 bridgehead atoms. The van der Waals surface area contributed by atoms with E-state index in [0.29, 0.717) is 24.4 Å². The molecule has 29 heavy (non-hydrogen) atoms. The Morgan fingerprint density at radius 1 is 0.793 bits per heavy atom. The van der Waals surface area contributed by atoms with Crippen molar-refractivity contribution >= 4 is 17.5 Å². The summed E-state index contributed by atoms with van der Waals surface area (Å²) in [5.41, 5.74) is 1.53. The molecule has 0 saturated heterocycles. The van der Waals surface area contributed by atoms with E-state index < -0.39 is 11.8 Å². The van der Waals surface area contributed by atoms with Gasteiger partial charge in [0.15, 0.2) is 0 Å². The Bertz CT molecular complexity index is 956. The first-order chi connectivity index (χ1) is 14.1. The van der Waals surface area contributed by atoms with Crippen LogP contribution in [0.25, 0.3) is 0 Å². The average Bonchev–Trinajstić information content (AvgIpc) is 2.76. The SMILES string of the molecule is COc1cccc(CCNC(=O)C(=O)Nc2ccc(Oc3ccccc3)cc2)c1. The molecule has 2 amide bonds. The van der Waals surface area contributed by atoms with Crippen LogP contribution in [0.15, 0.2) is 78.9 Å². The fraction of sp³-hybridized carbons (Fsp3) is 0.130. The Balaban J connectivity index is 1.45. The average molecular weight is 390 g/mol. The number of carbonyl (C=O) groups is 2. The molecule has 0 aromatic heterocycles. The van der Waals surface area contributed by atoms with Gasteiger partial charge < -0.3 is 20.1 Å². The highest BCUT2D eigenvalue weighted by atomic mass is 16.5. The van der Waals surface area contributed by atoms with Gasteiger partial charge in [-0.2, -0.15) is 0 Å². The zero-order chi connectivity index (χ0) is 20.5. The molecule has 6 nitrogen and oxygen atoms in total. The molecular formula is C23H22N2O4. The summed E-state index contributed by atoms with van der Waals surface area (Å²) in [4.78, 5) is 24.1. The number of nitrogens with one attached hydrogen (secondary N) is 2. The van der Waals surface area contributed by atoms with Crippen LogP contribution in [0, 0.1) is 0 Å². The lowest BCUT2D eigenvalue weighted by Gasteiger charge is -2.09. The van der Waals surface area contributed by atoms with Gasteiger partial charge >= 0.3 is 11.8 Å². The zero-order valence-electron chi connectivity index (χ0n) is 16.1. The summed E-state index contributed by atoms with van der Waals surface area (Å²) in [5, 5.41) is 5.19. The molecule has 0 aliphatic carbocycles. The molecule has 0 unspecified atom stereocenters. The first kappa shape index (κ1) is 19.9. The first-order valence-electron chi connectivity index (χ1n) is 9.19. The van der Waals surface area contributed by atoms with Crippen LogP contribution in [0.5, 0.6) is 17.2 Å². The van der Waals surface area contributed by atoms with E-state index in [2.05, 4.69) is 10.6 Å². The van der Waals surface area contributed by atoms with E-state index in [1.807, 2.05) is 54.6 Å². The summed E-state index contributed by atoms with van der Waals surface area (Å²) in [6, 6.07) is 23.8. The Morgan fingerprint density at radius 2 is 1.48 bits per heavy atom. The molecule has 0 radical (unpaired) electrons. The molecule has 3 aromatic rings. The second kappa shape index (κ2) is 9.94. The third kappa shape index (κ3) is 6.10. The van der Waals surface area contributed by atoms with E-state index in [4.69, 9.17) is 9.47 Å². The van der Waals surface area contributed by atoms with Gasteiger partial charge in [-0.15, -0.1) is 0 Å². The van der Waals surface area contributed by atoms with Gasteiger partial charge in [-0.1, -0.05) is 30.3 Å². The van der Waals surface area contributed by atoms with E-state index in [1.54, 1.807) is 31.4 Å². The lowest BCUT2D eigenvalue weighted by Crippen LogP contribution is -2.36. The van der Waals surface area contributed by atoms with E-state index >= 15 is 0 Å². The van der Waals surface area contributed by atoms with Gasteiger partial charge in [0.2, 0.25) is 0 Å². The molecule has 0 aliphatic rings. The Morgan fingerprint density at radius 3 is 2.21 bits per heavy atom. The molecule has 6 heteroatoms. The predicted molar refractivity (Wildman–Crippen MR) is 111 cm³/mol. The van der Waals surface area contributed by atoms with Crippen molar-refractivity contribution in [1.82, 2.24) is 5.32 Å². The molecule has 0 heterocycles. The molecular weight excluding hydrogens is 368 g/mol. The molecule has 0 fully saturated rings. The minimum absolute atomic E-state index is 0.350. The van der Waals surface area contributed by atoms with Crippen molar-refractivity contribution in [2.45, 2.75) is 6.42 Å². The van der Waals surface area contributed by atoms with Crippen molar-refractivity contribution in [2.24, 2.45) is 0 Å². The Hall–Kier alpha value is -3.80. The molecule has 0 spiro atoms. The van der Waals surface area contributed by atoms with Crippen LogP contribution < -0.4 is 20.1 Å². The predicted octanol–water partition coefficient (Wildman–Crippen LogP) is 3.78. The number of carbonyl (C=O) groups excluding carboxylic acids is 2. The molecule has 3 rings (SSSR count). The fourth-order valence-electron chi connectivity index (χ4n) is 2.65. The second-order valence-electron chi connectivity index (χ2n) is 6.25. The standard InChI is InChI=1S/C23H22N2O4/c1-28-21-9-5-6-17(16-21)14-15-24-22(26)23(27)25-18-10-12-20(13-11-18)29-19-7-3-2-4-8-19/h2-13,16H,14-15H2,1H3,(H,24,26)(H,25,27). The first-order valence-corrected chi connectivity index (χ1v) is 9.19. The summed E-state index contributed by atoms with van der Waals surface area (Å²) in [6.07, 6.45) is 0.599. The number of benzene rings is 3. The van der Waals surface area contributed by atoms with Crippen LogP contribution in [-0.2, 0) is 16.0 Å². The molecule has 3 aromatic carbocycles. The lowest BCUT2D eigenvalue weighted by atomic mass is 10.1. The number of anilines is 1. The number of rotatable bonds is 7. The number of hydrogen-bond donors (Lipinski definition) is 2. The number of para-hydroxylation sites is 1. The maximum Gasteiger partial charge on any atom is 0.313 e. The van der Waals surface area contributed by atoms with Crippen molar-refractivity contribution < 1.29 is 19.1 Å². The highest BCUT2D eigenvalue weighted by Crippen LogP contribution is 2.22. The molecule has 0 aliphatic heterocycles.